The van der Waals surface area contributed by atoms with Gasteiger partial charge in [-0.05, 0) is 88.6 Å². The van der Waals surface area contributed by atoms with Gasteiger partial charge in [-0.25, -0.2) is 4.98 Å². The van der Waals surface area contributed by atoms with Crippen molar-refractivity contribution in [2.75, 3.05) is 4.90 Å². The molecule has 0 radical (unpaired) electrons. The van der Waals surface area contributed by atoms with Gasteiger partial charge in [0.2, 0.25) is 0 Å². The van der Waals surface area contributed by atoms with E-state index in [4.69, 9.17) is 9.40 Å². The molecule has 3 nitrogen and oxygen atoms in total. The van der Waals surface area contributed by atoms with Crippen molar-refractivity contribution in [2.45, 2.75) is 0 Å². The highest BCUT2D eigenvalue weighted by Gasteiger charge is 2.18. The van der Waals surface area contributed by atoms with E-state index in [1.807, 2.05) is 12.1 Å². The Morgan fingerprint density at radius 2 is 1.04 bits per heavy atom. The second-order valence-electron chi connectivity index (χ2n) is 12.4. The molecule has 0 amide bonds. The number of rotatable bonds is 5. The van der Waals surface area contributed by atoms with Crippen LogP contribution in [0.1, 0.15) is 0 Å². The molecule has 0 atom stereocenters. The van der Waals surface area contributed by atoms with Crippen molar-refractivity contribution < 1.29 is 4.42 Å². The molecule has 0 N–H and O–H groups in total. The van der Waals surface area contributed by atoms with Gasteiger partial charge >= 0.3 is 0 Å². The topological polar surface area (TPSA) is 29.3 Å². The maximum absolute atomic E-state index is 6.14. The molecule has 8 aromatic carbocycles. The molecule has 2 heterocycles. The summed E-state index contributed by atoms with van der Waals surface area (Å²) in [5.41, 5.74) is 9.63. The Morgan fingerprint density at radius 1 is 0.408 bits per heavy atom. The van der Waals surface area contributed by atoms with Crippen LogP contribution < -0.4 is 4.90 Å². The molecule has 49 heavy (non-hydrogen) atoms. The Labute approximate surface area is 286 Å². The average molecular weight is 645 g/mol. The van der Waals surface area contributed by atoms with Crippen LogP contribution in [0, 0.1) is 0 Å². The number of fused-ring (bicyclic) bond motifs is 9. The highest BCUT2D eigenvalue weighted by atomic mass is 32.1. The quantitative estimate of drug-likeness (QED) is 0.175. The number of benzene rings is 8. The zero-order valence-electron chi connectivity index (χ0n) is 26.4. The van der Waals surface area contributed by atoms with Crippen LogP contribution in [0.3, 0.4) is 0 Å². The van der Waals surface area contributed by atoms with E-state index >= 15 is 0 Å². The highest BCUT2D eigenvalue weighted by molar-refractivity contribution is 7.22. The fraction of sp³-hybridized carbons (Fsp3) is 0. The molecule has 4 heteroatoms. The molecule has 0 unspecified atom stereocenters. The van der Waals surface area contributed by atoms with Crippen LogP contribution in [0.4, 0.5) is 17.1 Å². The fourth-order valence-corrected chi connectivity index (χ4v) is 8.26. The predicted octanol–water partition coefficient (Wildman–Crippen LogP) is 13.3. The number of hydrogen-bond acceptors (Lipinski definition) is 4. The maximum atomic E-state index is 6.14. The predicted molar refractivity (Wildman–Crippen MR) is 207 cm³/mol. The summed E-state index contributed by atoms with van der Waals surface area (Å²) >= 11 is 1.77. The summed E-state index contributed by atoms with van der Waals surface area (Å²) < 4.78 is 7.37. The zero-order valence-corrected chi connectivity index (χ0v) is 27.2. The molecule has 0 bridgehead atoms. The third-order valence-corrected chi connectivity index (χ3v) is 10.6. The van der Waals surface area contributed by atoms with Crippen molar-refractivity contribution in [1.29, 1.82) is 0 Å². The Bertz CT molecular complexity index is 2820. The molecule has 0 aliphatic carbocycles. The van der Waals surface area contributed by atoms with E-state index in [1.165, 1.54) is 37.4 Å². The van der Waals surface area contributed by atoms with Gasteiger partial charge < -0.3 is 9.32 Å². The minimum absolute atomic E-state index is 0.889. The van der Waals surface area contributed by atoms with E-state index in [0.29, 0.717) is 0 Å². The molecule has 10 rings (SSSR count). The monoisotopic (exact) mass is 644 g/mol. The van der Waals surface area contributed by atoms with Gasteiger partial charge in [-0.1, -0.05) is 103 Å². The van der Waals surface area contributed by atoms with Crippen LogP contribution in [0.2, 0.25) is 0 Å². The molecule has 0 fully saturated rings. The molecular formula is C45H28N2OS. The summed E-state index contributed by atoms with van der Waals surface area (Å²) in [6.45, 7) is 0. The lowest BCUT2D eigenvalue weighted by Gasteiger charge is -2.25. The van der Waals surface area contributed by atoms with E-state index in [9.17, 15) is 0 Å². The minimum Gasteiger partial charge on any atom is -0.456 e. The van der Waals surface area contributed by atoms with Gasteiger partial charge in [-0.2, -0.15) is 0 Å². The number of nitrogens with zero attached hydrogens (tertiary/aromatic N) is 2. The van der Waals surface area contributed by atoms with Crippen LogP contribution in [-0.2, 0) is 0 Å². The van der Waals surface area contributed by atoms with Crippen molar-refractivity contribution in [3.05, 3.63) is 170 Å². The summed E-state index contributed by atoms with van der Waals surface area (Å²) in [4.78, 5) is 7.61. The van der Waals surface area contributed by atoms with Gasteiger partial charge in [-0.15, -0.1) is 11.3 Å². The molecular weight excluding hydrogens is 617 g/mol. The van der Waals surface area contributed by atoms with Crippen molar-refractivity contribution in [3.63, 3.8) is 0 Å². The molecule has 10 aromatic rings. The summed E-state index contributed by atoms with van der Waals surface area (Å²) in [7, 11) is 0. The van der Waals surface area contributed by atoms with Gasteiger partial charge in [0.05, 0.1) is 10.2 Å². The first kappa shape index (κ1) is 27.8. The Kier molecular flexibility index (Phi) is 6.36. The van der Waals surface area contributed by atoms with E-state index in [-0.39, 0.29) is 0 Å². The van der Waals surface area contributed by atoms with Gasteiger partial charge in [0.25, 0.3) is 0 Å². The lowest BCUT2D eigenvalue weighted by atomic mass is 9.96. The number of hydrogen-bond donors (Lipinski definition) is 0. The van der Waals surface area contributed by atoms with Crippen molar-refractivity contribution in [1.82, 2.24) is 4.98 Å². The molecule has 230 valence electrons. The van der Waals surface area contributed by atoms with Crippen LogP contribution in [-0.4, -0.2) is 4.98 Å². The maximum Gasteiger partial charge on any atom is 0.135 e. The highest BCUT2D eigenvalue weighted by Crippen LogP contribution is 2.43. The second-order valence-corrected chi connectivity index (χ2v) is 13.4. The van der Waals surface area contributed by atoms with Crippen molar-refractivity contribution in [2.24, 2.45) is 0 Å². The normalized spacial score (nSPS) is 11.7. The second kappa shape index (κ2) is 11.2. The average Bonchev–Trinajstić information content (AvgIpc) is 3.79. The Hall–Kier alpha value is -6.23. The third-order valence-electron chi connectivity index (χ3n) is 9.48. The fourth-order valence-electron chi connectivity index (χ4n) is 7.14. The number of aromatic nitrogens is 1. The van der Waals surface area contributed by atoms with Crippen LogP contribution in [0.5, 0.6) is 0 Å². The van der Waals surface area contributed by atoms with Crippen LogP contribution in [0.15, 0.2) is 174 Å². The number of furan rings is 1. The number of anilines is 3. The van der Waals surface area contributed by atoms with Crippen molar-refractivity contribution >= 4 is 82.1 Å². The largest absolute Gasteiger partial charge is 0.456 e. The van der Waals surface area contributed by atoms with Gasteiger partial charge in [0.15, 0.2) is 0 Å². The first-order valence-corrected chi connectivity index (χ1v) is 17.3. The lowest BCUT2D eigenvalue weighted by molar-refractivity contribution is 0.669. The molecule has 0 aliphatic heterocycles. The van der Waals surface area contributed by atoms with Gasteiger partial charge in [-0.3, -0.25) is 0 Å². The van der Waals surface area contributed by atoms with Gasteiger partial charge in [0.1, 0.15) is 16.2 Å². The van der Waals surface area contributed by atoms with E-state index in [0.717, 1.165) is 55.1 Å². The molecule has 0 saturated carbocycles. The van der Waals surface area contributed by atoms with Gasteiger partial charge in [0, 0.05) is 44.2 Å². The summed E-state index contributed by atoms with van der Waals surface area (Å²) in [5, 5.41) is 8.17. The van der Waals surface area contributed by atoms with Crippen LogP contribution >= 0.6 is 11.3 Å². The summed E-state index contributed by atoms with van der Waals surface area (Å²) in [6.07, 6.45) is 0. The first-order chi connectivity index (χ1) is 24.3. The SMILES string of the molecule is c1ccc(-c2ccc3c(c2)c2ccccc2c2sc(-c4ccc(N(c5ccccc5)c5ccc6oc7ccccc7c6c5)cc4)nc32)cc1. The van der Waals surface area contributed by atoms with Crippen molar-refractivity contribution in [3.8, 4) is 21.7 Å². The molecule has 0 saturated heterocycles. The molecule has 2 aromatic heterocycles. The smallest absolute Gasteiger partial charge is 0.135 e. The summed E-state index contributed by atoms with van der Waals surface area (Å²) in [5.74, 6) is 0. The van der Waals surface area contributed by atoms with E-state index < -0.39 is 0 Å². The first-order valence-electron chi connectivity index (χ1n) is 16.5. The standard InChI is InChI=1S/C45H28N2OS/c1-3-11-29(12-4-1)31-21-25-37-39(27-31)35-15-7-8-17-38(35)44-43(37)46-45(49-44)30-19-22-33(23-20-30)47(32-13-5-2-6-14-32)34-24-26-42-40(28-34)36-16-9-10-18-41(36)48-42/h1-28H. The van der Waals surface area contributed by atoms with Crippen LogP contribution in [0.25, 0.3) is 75.4 Å². The number of para-hydroxylation sites is 2. The molecule has 0 aliphatic rings. The Balaban J connectivity index is 1.09. The Morgan fingerprint density at radius 3 is 1.86 bits per heavy atom. The van der Waals surface area contributed by atoms with E-state index in [1.54, 1.807) is 11.3 Å². The molecule has 0 spiro atoms. The minimum atomic E-state index is 0.889. The third kappa shape index (κ3) is 4.61. The van der Waals surface area contributed by atoms with E-state index in [2.05, 4.69) is 163 Å². The number of thiazole rings is 1. The summed E-state index contributed by atoms with van der Waals surface area (Å²) in [6, 6.07) is 60.1. The lowest BCUT2D eigenvalue weighted by Crippen LogP contribution is -2.09. The zero-order chi connectivity index (χ0) is 32.3.